The minimum Gasteiger partial charge on any atom is -0.380 e. The lowest BCUT2D eigenvalue weighted by Gasteiger charge is -2.05. The molecular formula is C12H11BrN2O3S. The number of halogens is 1. The molecule has 0 saturated heterocycles. The van der Waals surface area contributed by atoms with Crippen molar-refractivity contribution in [2.24, 2.45) is 0 Å². The molecular weight excluding hydrogens is 332 g/mol. The number of hydrogen-bond acceptors (Lipinski definition) is 4. The summed E-state index contributed by atoms with van der Waals surface area (Å²) in [5, 5.41) is 4.40. The number of anilines is 1. The molecule has 0 aliphatic carbocycles. The van der Waals surface area contributed by atoms with Gasteiger partial charge in [-0.1, -0.05) is 0 Å². The number of hydrogen-bond donors (Lipinski definition) is 2. The van der Waals surface area contributed by atoms with Crippen LogP contribution in [0.4, 0.5) is 5.69 Å². The summed E-state index contributed by atoms with van der Waals surface area (Å²) in [5.41, 5.74) is 0.663. The van der Waals surface area contributed by atoms with Gasteiger partial charge in [0.05, 0.1) is 16.1 Å². The molecule has 0 saturated carbocycles. The molecule has 2 aromatic heterocycles. The van der Waals surface area contributed by atoms with E-state index >= 15 is 0 Å². The number of methoxy groups -OCH3 is 1. The average Bonchev–Trinajstić information content (AvgIpc) is 2.81. The minimum absolute atomic E-state index is 0.213. The van der Waals surface area contributed by atoms with Crippen molar-refractivity contribution in [3.8, 4) is 0 Å². The topological polar surface area (TPSA) is 71.2 Å². The number of carbonyl (C=O) groups is 1. The monoisotopic (exact) mass is 342 g/mol. The highest BCUT2D eigenvalue weighted by Gasteiger charge is 2.14. The van der Waals surface area contributed by atoms with E-state index in [1.807, 2.05) is 11.4 Å². The number of H-pyrrole nitrogens is 1. The van der Waals surface area contributed by atoms with Gasteiger partial charge in [-0.25, -0.2) is 0 Å². The van der Waals surface area contributed by atoms with Crippen LogP contribution in [0.3, 0.4) is 0 Å². The van der Waals surface area contributed by atoms with Crippen molar-refractivity contribution in [1.82, 2.24) is 4.98 Å². The van der Waals surface area contributed by atoms with Crippen LogP contribution in [0.15, 0.2) is 33.0 Å². The van der Waals surface area contributed by atoms with Crippen LogP contribution >= 0.6 is 27.3 Å². The van der Waals surface area contributed by atoms with E-state index in [4.69, 9.17) is 4.74 Å². The van der Waals surface area contributed by atoms with E-state index in [1.165, 1.54) is 11.3 Å². The summed E-state index contributed by atoms with van der Waals surface area (Å²) in [7, 11) is 1.57. The van der Waals surface area contributed by atoms with E-state index in [-0.39, 0.29) is 17.2 Å². The zero-order valence-electron chi connectivity index (χ0n) is 10.0. The Morgan fingerprint density at radius 1 is 1.47 bits per heavy atom. The van der Waals surface area contributed by atoms with Gasteiger partial charge in [-0.05, 0) is 39.5 Å². The summed E-state index contributed by atoms with van der Waals surface area (Å²) in [6, 6.07) is 5.03. The first-order valence-corrected chi connectivity index (χ1v) is 7.04. The van der Waals surface area contributed by atoms with Crippen molar-refractivity contribution in [3.05, 3.63) is 49.0 Å². The third-order valence-corrected chi connectivity index (χ3v) is 3.79. The molecule has 0 radical (unpaired) electrons. The first-order valence-electron chi connectivity index (χ1n) is 5.37. The highest BCUT2D eigenvalue weighted by Crippen LogP contribution is 2.19. The maximum atomic E-state index is 12.1. The number of rotatable bonds is 4. The van der Waals surface area contributed by atoms with Crippen LogP contribution in [-0.2, 0) is 11.3 Å². The van der Waals surface area contributed by atoms with E-state index in [0.29, 0.717) is 16.1 Å². The van der Waals surface area contributed by atoms with Crippen molar-refractivity contribution in [1.29, 1.82) is 0 Å². The van der Waals surface area contributed by atoms with Gasteiger partial charge in [0.15, 0.2) is 0 Å². The van der Waals surface area contributed by atoms with E-state index in [1.54, 1.807) is 19.2 Å². The second-order valence-electron chi connectivity index (χ2n) is 3.71. The second-order valence-corrected chi connectivity index (χ2v) is 5.48. The number of pyridine rings is 1. The van der Waals surface area contributed by atoms with Crippen LogP contribution in [0, 0.1) is 0 Å². The average molecular weight is 343 g/mol. The number of aromatic nitrogens is 1. The van der Waals surface area contributed by atoms with Gasteiger partial charge < -0.3 is 15.0 Å². The Balaban J connectivity index is 2.21. The minimum atomic E-state index is -0.354. The van der Waals surface area contributed by atoms with Gasteiger partial charge in [0, 0.05) is 12.7 Å². The van der Waals surface area contributed by atoms with E-state index in [0.717, 1.165) is 5.56 Å². The summed E-state index contributed by atoms with van der Waals surface area (Å²) in [5.74, 6) is -0.310. The van der Waals surface area contributed by atoms with Crippen LogP contribution in [0.25, 0.3) is 0 Å². The highest BCUT2D eigenvalue weighted by atomic mass is 79.9. The van der Waals surface area contributed by atoms with Crippen molar-refractivity contribution in [2.45, 2.75) is 6.61 Å². The molecule has 2 rings (SSSR count). The number of amides is 1. The van der Waals surface area contributed by atoms with Crippen LogP contribution in [0.5, 0.6) is 0 Å². The summed E-state index contributed by atoms with van der Waals surface area (Å²) >= 11 is 4.46. The molecule has 0 spiro atoms. The molecule has 100 valence electrons. The molecule has 0 aliphatic heterocycles. The zero-order chi connectivity index (χ0) is 13.8. The summed E-state index contributed by atoms with van der Waals surface area (Å²) < 4.78 is 5.58. The predicted molar refractivity (Wildman–Crippen MR) is 77.7 cm³/mol. The first kappa shape index (κ1) is 14.0. The third kappa shape index (κ3) is 3.31. The van der Waals surface area contributed by atoms with Crippen molar-refractivity contribution < 1.29 is 9.53 Å². The Labute approximate surface area is 121 Å². The normalized spacial score (nSPS) is 10.4. The predicted octanol–water partition coefficient (Wildman–Crippen LogP) is 2.60. The van der Waals surface area contributed by atoms with E-state index in [2.05, 4.69) is 26.2 Å². The Bertz CT molecular complexity index is 650. The van der Waals surface area contributed by atoms with E-state index < -0.39 is 0 Å². The maximum absolute atomic E-state index is 12.1. The molecule has 0 aliphatic rings. The maximum Gasteiger partial charge on any atom is 0.272 e. The fourth-order valence-electron chi connectivity index (χ4n) is 1.53. The van der Waals surface area contributed by atoms with Gasteiger partial charge in [0.1, 0.15) is 5.69 Å². The van der Waals surface area contributed by atoms with Gasteiger partial charge in [0.25, 0.3) is 11.5 Å². The number of aromatic amines is 1. The molecule has 7 heteroatoms. The van der Waals surface area contributed by atoms with Gasteiger partial charge >= 0.3 is 0 Å². The van der Waals surface area contributed by atoms with Crippen LogP contribution < -0.4 is 10.9 Å². The van der Waals surface area contributed by atoms with Crippen molar-refractivity contribution >= 4 is 38.9 Å². The van der Waals surface area contributed by atoms with Crippen LogP contribution in [0.1, 0.15) is 15.2 Å². The molecule has 0 atom stereocenters. The SMILES string of the molecule is COCc1ccsc1C(=O)Nc1ccc(Br)[nH]c1=O. The number of carbonyl (C=O) groups excluding carboxylic acids is 1. The number of nitrogens with one attached hydrogen (secondary N) is 2. The molecule has 2 N–H and O–H groups in total. The Morgan fingerprint density at radius 2 is 2.26 bits per heavy atom. The quantitative estimate of drug-likeness (QED) is 0.839. The summed E-state index contributed by atoms with van der Waals surface area (Å²) in [6.45, 7) is 0.364. The van der Waals surface area contributed by atoms with Gasteiger partial charge in [0.2, 0.25) is 0 Å². The lowest BCUT2D eigenvalue weighted by molar-refractivity contribution is 0.102. The zero-order valence-corrected chi connectivity index (χ0v) is 12.4. The number of ether oxygens (including phenoxy) is 1. The Kier molecular flexibility index (Phi) is 4.52. The molecule has 2 heterocycles. The van der Waals surface area contributed by atoms with Crippen LogP contribution in [0.2, 0.25) is 0 Å². The second kappa shape index (κ2) is 6.14. The molecule has 19 heavy (non-hydrogen) atoms. The summed E-state index contributed by atoms with van der Waals surface area (Å²) in [6.07, 6.45) is 0. The van der Waals surface area contributed by atoms with Crippen molar-refractivity contribution in [2.75, 3.05) is 12.4 Å². The fraction of sp³-hybridized carbons (Fsp3) is 0.167. The Morgan fingerprint density at radius 3 is 2.95 bits per heavy atom. The van der Waals surface area contributed by atoms with Crippen molar-refractivity contribution in [3.63, 3.8) is 0 Å². The molecule has 1 amide bonds. The molecule has 2 aromatic rings. The molecule has 0 aromatic carbocycles. The molecule has 5 nitrogen and oxygen atoms in total. The molecule has 0 unspecified atom stereocenters. The lowest BCUT2D eigenvalue weighted by Crippen LogP contribution is -2.19. The van der Waals surface area contributed by atoms with Gasteiger partial charge in [-0.3, -0.25) is 9.59 Å². The fourth-order valence-corrected chi connectivity index (χ4v) is 2.65. The standard InChI is InChI=1S/C12H11BrN2O3S/c1-18-6-7-4-5-19-10(7)12(17)14-8-2-3-9(13)15-11(8)16/h2-5H,6H2,1H3,(H,14,17)(H,15,16). The number of thiophene rings is 1. The smallest absolute Gasteiger partial charge is 0.272 e. The molecule has 0 bridgehead atoms. The summed E-state index contributed by atoms with van der Waals surface area (Å²) in [4.78, 5) is 26.8. The lowest BCUT2D eigenvalue weighted by atomic mass is 10.2. The van der Waals surface area contributed by atoms with Gasteiger partial charge in [-0.2, -0.15) is 0 Å². The van der Waals surface area contributed by atoms with E-state index in [9.17, 15) is 9.59 Å². The van der Waals surface area contributed by atoms with Gasteiger partial charge in [-0.15, -0.1) is 11.3 Å². The highest BCUT2D eigenvalue weighted by molar-refractivity contribution is 9.10. The largest absolute Gasteiger partial charge is 0.380 e. The van der Waals surface area contributed by atoms with Crippen LogP contribution in [-0.4, -0.2) is 18.0 Å². The molecule has 0 fully saturated rings. The Hall–Kier alpha value is -1.44. The first-order chi connectivity index (χ1) is 9.11. The third-order valence-electron chi connectivity index (χ3n) is 2.37.